The van der Waals surface area contributed by atoms with Crippen molar-refractivity contribution in [3.8, 4) is 0 Å². The third-order valence-corrected chi connectivity index (χ3v) is 5.63. The average Bonchev–Trinajstić information content (AvgIpc) is 2.78. The number of nitrogens with one attached hydrogen (secondary N) is 2. The van der Waals surface area contributed by atoms with Crippen LogP contribution in [0.15, 0.2) is 18.2 Å². The Balaban J connectivity index is 3.45. The second-order valence-corrected chi connectivity index (χ2v) is 10.6. The number of hydrogen-bond acceptors (Lipinski definition) is 7. The van der Waals surface area contributed by atoms with Crippen LogP contribution in [0.2, 0.25) is 0 Å². The highest BCUT2D eigenvalue weighted by atomic mass is 16.6. The lowest BCUT2D eigenvalue weighted by Crippen LogP contribution is -2.54. The third kappa shape index (κ3) is 10.7. The molecule has 10 heteroatoms. The number of aliphatic hydroxyl groups excluding tert-OH is 1. The Bertz CT molecular complexity index is 936. The molecule has 1 rings (SSSR count). The predicted molar refractivity (Wildman–Crippen MR) is 144 cm³/mol. The first kappa shape index (κ1) is 32.9. The van der Waals surface area contributed by atoms with Gasteiger partial charge >= 0.3 is 12.1 Å². The van der Waals surface area contributed by atoms with Crippen LogP contribution >= 0.6 is 0 Å². The van der Waals surface area contributed by atoms with Crippen molar-refractivity contribution in [1.82, 2.24) is 15.5 Å². The lowest BCUT2D eigenvalue weighted by molar-refractivity contribution is -0.144. The van der Waals surface area contributed by atoms with E-state index in [1.165, 1.54) is 4.90 Å². The summed E-state index contributed by atoms with van der Waals surface area (Å²) < 4.78 is 10.3. The van der Waals surface area contributed by atoms with E-state index in [0.717, 1.165) is 11.1 Å². The van der Waals surface area contributed by atoms with E-state index in [-0.39, 0.29) is 32.0 Å². The number of amides is 3. The molecule has 0 aliphatic rings. The molecule has 0 spiro atoms. The van der Waals surface area contributed by atoms with Gasteiger partial charge < -0.3 is 30.1 Å². The normalized spacial score (nSPS) is 12.9. The van der Waals surface area contributed by atoms with E-state index >= 15 is 0 Å². The quantitative estimate of drug-likeness (QED) is 0.330. The fraction of sp³-hybridized carbons (Fsp3) is 0.643. The molecule has 0 fully saturated rings. The highest BCUT2D eigenvalue weighted by Crippen LogP contribution is 2.29. The van der Waals surface area contributed by atoms with E-state index in [9.17, 15) is 24.3 Å². The van der Waals surface area contributed by atoms with Crippen molar-refractivity contribution in [2.75, 3.05) is 26.3 Å². The van der Waals surface area contributed by atoms with Gasteiger partial charge in [0.2, 0.25) is 11.8 Å². The monoisotopic (exact) mass is 535 g/mol. The van der Waals surface area contributed by atoms with E-state index in [4.69, 9.17) is 9.47 Å². The second-order valence-electron chi connectivity index (χ2n) is 10.6. The summed E-state index contributed by atoms with van der Waals surface area (Å²) in [7, 11) is 0. The van der Waals surface area contributed by atoms with Crippen LogP contribution < -0.4 is 10.6 Å². The number of rotatable bonds is 13. The molecule has 3 N–H and O–H groups in total. The first-order valence-corrected chi connectivity index (χ1v) is 13.1. The number of carbonyl (C=O) groups excluding carboxylic acids is 4. The Kier molecular flexibility index (Phi) is 13.3. The summed E-state index contributed by atoms with van der Waals surface area (Å²) in [5, 5.41) is 15.3. The summed E-state index contributed by atoms with van der Waals surface area (Å²) in [4.78, 5) is 53.3. The van der Waals surface area contributed by atoms with E-state index < -0.39 is 48.2 Å². The summed E-state index contributed by atoms with van der Waals surface area (Å²) in [6, 6.07) is 3.44. The van der Waals surface area contributed by atoms with Crippen molar-refractivity contribution in [1.29, 1.82) is 0 Å². The van der Waals surface area contributed by atoms with Gasteiger partial charge in [0.05, 0.1) is 19.6 Å². The highest BCUT2D eigenvalue weighted by Gasteiger charge is 2.37. The van der Waals surface area contributed by atoms with Gasteiger partial charge in [-0.2, -0.15) is 0 Å². The zero-order chi connectivity index (χ0) is 29.0. The minimum atomic E-state index is -1.10. The molecule has 0 saturated heterocycles. The Morgan fingerprint density at radius 2 is 1.68 bits per heavy atom. The largest absolute Gasteiger partial charge is 0.466 e. The summed E-state index contributed by atoms with van der Waals surface area (Å²) >= 11 is 0. The molecule has 0 saturated carbocycles. The van der Waals surface area contributed by atoms with Crippen molar-refractivity contribution in [2.24, 2.45) is 5.92 Å². The lowest BCUT2D eigenvalue weighted by Gasteiger charge is -2.35. The zero-order valence-corrected chi connectivity index (χ0v) is 24.1. The van der Waals surface area contributed by atoms with Gasteiger partial charge in [-0.25, -0.2) is 4.79 Å². The third-order valence-electron chi connectivity index (χ3n) is 5.63. The molecule has 1 aromatic carbocycles. The molecular weight excluding hydrogens is 490 g/mol. The molecule has 10 nitrogen and oxygen atoms in total. The first-order valence-electron chi connectivity index (χ1n) is 13.1. The molecule has 214 valence electrons. The average molecular weight is 536 g/mol. The Morgan fingerprint density at radius 3 is 2.18 bits per heavy atom. The summed E-state index contributed by atoms with van der Waals surface area (Å²) in [5.41, 5.74) is 1.42. The van der Waals surface area contributed by atoms with Crippen LogP contribution in [0.1, 0.15) is 77.1 Å². The molecule has 0 aliphatic heterocycles. The molecule has 0 radical (unpaired) electrons. The summed E-state index contributed by atoms with van der Waals surface area (Å²) in [5.74, 6) is -1.44. The molecule has 0 aromatic heterocycles. The molecule has 1 aromatic rings. The number of nitrogens with zero attached hydrogens (tertiary/aromatic N) is 1. The van der Waals surface area contributed by atoms with Gasteiger partial charge in [0.15, 0.2) is 0 Å². The van der Waals surface area contributed by atoms with Crippen LogP contribution in [-0.2, 0) is 23.9 Å². The van der Waals surface area contributed by atoms with Gasteiger partial charge in [-0.05, 0) is 70.6 Å². The number of esters is 1. The fourth-order valence-electron chi connectivity index (χ4n) is 4.12. The zero-order valence-electron chi connectivity index (χ0n) is 24.1. The molecule has 38 heavy (non-hydrogen) atoms. The van der Waals surface area contributed by atoms with Crippen LogP contribution in [0.5, 0.6) is 0 Å². The van der Waals surface area contributed by atoms with Crippen LogP contribution in [0, 0.1) is 19.8 Å². The van der Waals surface area contributed by atoms with Crippen molar-refractivity contribution in [3.05, 3.63) is 34.9 Å². The Morgan fingerprint density at radius 1 is 1.08 bits per heavy atom. The fourth-order valence-corrected chi connectivity index (χ4v) is 4.12. The predicted octanol–water partition coefficient (Wildman–Crippen LogP) is 3.17. The van der Waals surface area contributed by atoms with Gasteiger partial charge in [0.25, 0.3) is 0 Å². The van der Waals surface area contributed by atoms with Crippen LogP contribution in [0.25, 0.3) is 0 Å². The summed E-state index contributed by atoms with van der Waals surface area (Å²) in [6.45, 7) is 14.1. The van der Waals surface area contributed by atoms with Gasteiger partial charge in [0.1, 0.15) is 17.7 Å². The maximum absolute atomic E-state index is 14.0. The SMILES string of the molecule is CCOC(=O)CCNC(=O)C(c1c(C)cccc1C)N(CCO)C(=O)C(CC(C)C)NC(=O)OC(C)(C)C. The van der Waals surface area contributed by atoms with E-state index in [1.54, 1.807) is 27.7 Å². The number of benzene rings is 1. The number of hydrogen-bond donors (Lipinski definition) is 3. The molecule has 0 bridgehead atoms. The van der Waals surface area contributed by atoms with E-state index in [1.807, 2.05) is 45.9 Å². The molecule has 2 atom stereocenters. The maximum atomic E-state index is 14.0. The van der Waals surface area contributed by atoms with E-state index in [2.05, 4.69) is 10.6 Å². The topological polar surface area (TPSA) is 134 Å². The molecule has 0 aliphatic carbocycles. The lowest BCUT2D eigenvalue weighted by atomic mass is 9.93. The summed E-state index contributed by atoms with van der Waals surface area (Å²) in [6.07, 6.45) is -0.476. The number of aryl methyl sites for hydroxylation is 2. The molecule has 3 amide bonds. The van der Waals surface area contributed by atoms with Crippen molar-refractivity contribution < 1.29 is 33.8 Å². The van der Waals surface area contributed by atoms with Crippen LogP contribution in [0.3, 0.4) is 0 Å². The highest BCUT2D eigenvalue weighted by molar-refractivity contribution is 5.92. The molecule has 2 unspecified atom stereocenters. The van der Waals surface area contributed by atoms with Gasteiger partial charge in [-0.15, -0.1) is 0 Å². The molecule has 0 heterocycles. The number of aliphatic hydroxyl groups is 1. The minimum absolute atomic E-state index is 0.0197. The number of ether oxygens (including phenoxy) is 2. The standard InChI is InChI=1S/C28H45N3O7/c1-9-37-22(33)13-14-29-25(34)24(23-19(4)11-10-12-20(23)5)31(15-16-32)26(35)21(17-18(2)3)30-27(36)38-28(6,7)8/h10-12,18,21,24,32H,9,13-17H2,1-8H3,(H,29,34)(H,30,36). The smallest absolute Gasteiger partial charge is 0.408 e. The Labute approximate surface area is 226 Å². The number of alkyl carbamates (subject to hydrolysis) is 1. The Hall–Kier alpha value is -3.14. The maximum Gasteiger partial charge on any atom is 0.408 e. The first-order chi connectivity index (χ1) is 17.7. The van der Waals surface area contributed by atoms with E-state index in [0.29, 0.717) is 12.0 Å². The second kappa shape index (κ2) is 15.3. The van der Waals surface area contributed by atoms with Crippen molar-refractivity contribution in [2.45, 2.75) is 85.9 Å². The van der Waals surface area contributed by atoms with Gasteiger partial charge in [0, 0.05) is 13.1 Å². The van der Waals surface area contributed by atoms with Crippen molar-refractivity contribution in [3.63, 3.8) is 0 Å². The van der Waals surface area contributed by atoms with Crippen molar-refractivity contribution >= 4 is 23.9 Å². The van der Waals surface area contributed by atoms with Gasteiger partial charge in [-0.3, -0.25) is 14.4 Å². The molecular formula is C28H45N3O7. The van der Waals surface area contributed by atoms with Crippen LogP contribution in [-0.4, -0.2) is 71.8 Å². The minimum Gasteiger partial charge on any atom is -0.466 e. The van der Waals surface area contributed by atoms with Crippen LogP contribution in [0.4, 0.5) is 4.79 Å². The van der Waals surface area contributed by atoms with Gasteiger partial charge in [-0.1, -0.05) is 32.0 Å². The number of carbonyl (C=O) groups is 4.